The second-order valence-electron chi connectivity index (χ2n) is 3.08. The monoisotopic (exact) mass is 226 g/mol. The molecule has 0 aliphatic carbocycles. The molecule has 0 spiro atoms. The summed E-state index contributed by atoms with van der Waals surface area (Å²) in [6.45, 7) is 0. The van der Waals surface area contributed by atoms with E-state index in [1.54, 1.807) is 12.1 Å². The van der Waals surface area contributed by atoms with Crippen molar-refractivity contribution in [2.75, 3.05) is 0 Å². The molecule has 1 aromatic heterocycles. The average molecular weight is 226 g/mol. The molecule has 2 rings (SSSR count). The van der Waals surface area contributed by atoms with Crippen LogP contribution in [0, 0.1) is 0 Å². The van der Waals surface area contributed by atoms with Gasteiger partial charge in [-0.25, -0.2) is 9.97 Å². The van der Waals surface area contributed by atoms with Gasteiger partial charge in [-0.3, -0.25) is 4.79 Å². The van der Waals surface area contributed by atoms with Gasteiger partial charge in [0.15, 0.2) is 0 Å². The van der Waals surface area contributed by atoms with Crippen molar-refractivity contribution >= 4 is 10.9 Å². The molecule has 16 heavy (non-hydrogen) atoms. The van der Waals surface area contributed by atoms with Crippen LogP contribution in [0.4, 0.5) is 13.2 Å². The standard InChI is InChI=1S/C10H5F3N2O/c11-10(12,13)8-9(16)15-7-4-2-1-3-6(7)5-14-8/h1-5H. The Hall–Kier alpha value is -1.98. The molecule has 3 nitrogen and oxygen atoms in total. The third-order valence-electron chi connectivity index (χ3n) is 1.96. The van der Waals surface area contributed by atoms with E-state index in [1.165, 1.54) is 12.1 Å². The number of para-hydroxylation sites is 1. The molecular weight excluding hydrogens is 221 g/mol. The van der Waals surface area contributed by atoms with E-state index >= 15 is 0 Å². The minimum atomic E-state index is -4.78. The summed E-state index contributed by atoms with van der Waals surface area (Å²) in [4.78, 5) is 17.7. The van der Waals surface area contributed by atoms with Gasteiger partial charge in [-0.2, -0.15) is 13.2 Å². The highest BCUT2D eigenvalue weighted by Gasteiger charge is 2.35. The second-order valence-corrected chi connectivity index (χ2v) is 3.08. The highest BCUT2D eigenvalue weighted by molar-refractivity contribution is 5.76. The summed E-state index contributed by atoms with van der Waals surface area (Å²) in [7, 11) is 0. The summed E-state index contributed by atoms with van der Waals surface area (Å²) >= 11 is 0. The van der Waals surface area contributed by atoms with Crippen molar-refractivity contribution in [3.63, 3.8) is 0 Å². The Balaban J connectivity index is 2.83. The summed E-state index contributed by atoms with van der Waals surface area (Å²) in [6.07, 6.45) is -3.79. The van der Waals surface area contributed by atoms with Crippen LogP contribution in [0.2, 0.25) is 0 Å². The van der Waals surface area contributed by atoms with Crippen molar-refractivity contribution in [3.8, 4) is 0 Å². The Morgan fingerprint density at radius 1 is 1.12 bits per heavy atom. The van der Waals surface area contributed by atoms with Crippen molar-refractivity contribution in [1.29, 1.82) is 0 Å². The molecule has 0 fully saturated rings. The van der Waals surface area contributed by atoms with E-state index in [0.717, 1.165) is 6.20 Å². The van der Waals surface area contributed by atoms with E-state index < -0.39 is 17.4 Å². The van der Waals surface area contributed by atoms with Crippen LogP contribution in [-0.4, -0.2) is 9.97 Å². The van der Waals surface area contributed by atoms with Crippen molar-refractivity contribution in [2.45, 2.75) is 6.18 Å². The molecule has 0 saturated carbocycles. The van der Waals surface area contributed by atoms with Crippen LogP contribution in [0.5, 0.6) is 0 Å². The highest BCUT2D eigenvalue weighted by atomic mass is 19.4. The van der Waals surface area contributed by atoms with Crippen molar-refractivity contribution in [1.82, 2.24) is 9.97 Å². The fourth-order valence-electron chi connectivity index (χ4n) is 1.24. The molecule has 1 aromatic carbocycles. The van der Waals surface area contributed by atoms with E-state index in [9.17, 15) is 18.0 Å². The lowest BCUT2D eigenvalue weighted by Crippen LogP contribution is -2.20. The van der Waals surface area contributed by atoms with Gasteiger partial charge in [0.2, 0.25) is 5.69 Å². The van der Waals surface area contributed by atoms with Gasteiger partial charge in [0.1, 0.15) is 0 Å². The molecule has 1 heterocycles. The minimum Gasteiger partial charge on any atom is -0.265 e. The topological polar surface area (TPSA) is 42.9 Å². The maximum Gasteiger partial charge on any atom is 0.438 e. The molecule has 0 bridgehead atoms. The van der Waals surface area contributed by atoms with Gasteiger partial charge < -0.3 is 0 Å². The fourth-order valence-corrected chi connectivity index (χ4v) is 1.24. The van der Waals surface area contributed by atoms with Crippen LogP contribution in [0.3, 0.4) is 0 Å². The smallest absolute Gasteiger partial charge is 0.265 e. The Morgan fingerprint density at radius 3 is 2.50 bits per heavy atom. The molecular formula is C10H5F3N2O. The Kier molecular flexibility index (Phi) is 2.34. The van der Waals surface area contributed by atoms with Crippen LogP contribution in [0.1, 0.15) is 5.69 Å². The molecule has 0 amide bonds. The number of nitrogens with zero attached hydrogens (tertiary/aromatic N) is 2. The molecule has 6 heteroatoms. The van der Waals surface area contributed by atoms with E-state index in [-0.39, 0.29) is 5.52 Å². The number of benzene rings is 1. The molecule has 0 aliphatic heterocycles. The van der Waals surface area contributed by atoms with Crippen LogP contribution >= 0.6 is 0 Å². The van der Waals surface area contributed by atoms with Crippen LogP contribution in [-0.2, 0) is 6.18 Å². The van der Waals surface area contributed by atoms with E-state index in [2.05, 4.69) is 9.97 Å². The van der Waals surface area contributed by atoms with Gasteiger partial charge in [-0.1, -0.05) is 18.2 Å². The first-order chi connectivity index (χ1) is 7.48. The third-order valence-corrected chi connectivity index (χ3v) is 1.96. The van der Waals surface area contributed by atoms with Crippen LogP contribution in [0.25, 0.3) is 10.9 Å². The lowest BCUT2D eigenvalue weighted by atomic mass is 10.2. The van der Waals surface area contributed by atoms with Crippen molar-refractivity contribution in [2.24, 2.45) is 0 Å². The molecule has 2 aromatic rings. The van der Waals surface area contributed by atoms with Crippen LogP contribution < -0.4 is 5.56 Å². The zero-order chi connectivity index (χ0) is 11.8. The van der Waals surface area contributed by atoms with Gasteiger partial charge in [-0.05, 0) is 6.07 Å². The maximum atomic E-state index is 12.4. The van der Waals surface area contributed by atoms with Gasteiger partial charge in [0.25, 0.3) is 0 Å². The summed E-state index contributed by atoms with van der Waals surface area (Å²) in [5, 5.41) is 0.384. The van der Waals surface area contributed by atoms with Crippen molar-refractivity contribution in [3.05, 3.63) is 46.5 Å². The number of hydrogen-bond acceptors (Lipinski definition) is 3. The first kappa shape index (κ1) is 10.5. The zero-order valence-corrected chi connectivity index (χ0v) is 7.82. The largest absolute Gasteiger partial charge is 0.438 e. The summed E-state index contributed by atoms with van der Waals surface area (Å²) in [5.41, 5.74) is -2.67. The molecule has 0 atom stereocenters. The van der Waals surface area contributed by atoms with Gasteiger partial charge in [0.05, 0.1) is 5.52 Å². The summed E-state index contributed by atoms with van der Waals surface area (Å²) in [6, 6.07) is 6.21. The van der Waals surface area contributed by atoms with Gasteiger partial charge in [0, 0.05) is 11.6 Å². The number of fused-ring (bicyclic) bond motifs is 1. The van der Waals surface area contributed by atoms with Crippen molar-refractivity contribution < 1.29 is 13.2 Å². The number of rotatable bonds is 0. The van der Waals surface area contributed by atoms with Crippen LogP contribution in [0.15, 0.2) is 35.3 Å². The Morgan fingerprint density at radius 2 is 1.81 bits per heavy atom. The predicted octanol–water partition coefficient (Wildman–Crippen LogP) is 2.01. The maximum absolute atomic E-state index is 12.4. The number of aromatic nitrogens is 2. The quantitative estimate of drug-likeness (QED) is 0.690. The first-order valence-corrected chi connectivity index (χ1v) is 4.32. The summed E-state index contributed by atoms with van der Waals surface area (Å²) in [5.74, 6) is 0. The minimum absolute atomic E-state index is 0.190. The Bertz CT molecular complexity index is 595. The SMILES string of the molecule is O=c1nc2ccccc2cnc1C(F)(F)F. The molecule has 0 radical (unpaired) electrons. The predicted molar refractivity (Wildman–Crippen MR) is 50.8 cm³/mol. The number of halogens is 3. The Labute approximate surface area is 87.6 Å². The summed E-state index contributed by atoms with van der Waals surface area (Å²) < 4.78 is 37.1. The molecule has 0 unspecified atom stereocenters. The number of alkyl halides is 3. The molecule has 82 valence electrons. The second kappa shape index (κ2) is 3.55. The molecule has 0 aliphatic rings. The molecule has 0 saturated heterocycles. The van der Waals surface area contributed by atoms with E-state index in [1.807, 2.05) is 0 Å². The lowest BCUT2D eigenvalue weighted by Gasteiger charge is -1.99. The first-order valence-electron chi connectivity index (χ1n) is 4.32. The normalized spacial score (nSPS) is 11.7. The van der Waals surface area contributed by atoms with E-state index in [4.69, 9.17) is 0 Å². The highest BCUT2D eigenvalue weighted by Crippen LogP contribution is 2.24. The van der Waals surface area contributed by atoms with Gasteiger partial charge >= 0.3 is 11.7 Å². The zero-order valence-electron chi connectivity index (χ0n) is 7.82. The van der Waals surface area contributed by atoms with Gasteiger partial charge in [-0.15, -0.1) is 0 Å². The number of hydrogen-bond donors (Lipinski definition) is 0. The van der Waals surface area contributed by atoms with E-state index in [0.29, 0.717) is 5.39 Å². The fraction of sp³-hybridized carbons (Fsp3) is 0.100. The third kappa shape index (κ3) is 1.86. The molecule has 0 N–H and O–H groups in total. The average Bonchev–Trinajstić information content (AvgIpc) is 2.34. The lowest BCUT2D eigenvalue weighted by molar-refractivity contribution is -0.142.